The van der Waals surface area contributed by atoms with Crippen LogP contribution in [0.5, 0.6) is 0 Å². The molecule has 2 amide bonds. The van der Waals surface area contributed by atoms with E-state index >= 15 is 0 Å². The van der Waals surface area contributed by atoms with Crippen molar-refractivity contribution in [3.63, 3.8) is 0 Å². The summed E-state index contributed by atoms with van der Waals surface area (Å²) in [5, 5.41) is 16.3. The van der Waals surface area contributed by atoms with Crippen molar-refractivity contribution in [2.45, 2.75) is 38.5 Å². The summed E-state index contributed by atoms with van der Waals surface area (Å²) in [6.07, 6.45) is 0.613. The zero-order chi connectivity index (χ0) is 17.1. The van der Waals surface area contributed by atoms with Crippen LogP contribution < -0.4 is 21.7 Å². The maximum atomic E-state index is 11.7. The number of aldehydes is 2. The van der Waals surface area contributed by atoms with Gasteiger partial charge in [0.25, 0.3) is 5.91 Å². The molecule has 0 aromatic heterocycles. The minimum absolute atomic E-state index is 0.0387. The summed E-state index contributed by atoms with van der Waals surface area (Å²) in [5.41, 5.74) is 5.19. The number of carbonyl (C=O) groups is 4. The van der Waals surface area contributed by atoms with E-state index in [1.165, 1.54) is 0 Å². The molecule has 0 aromatic rings. The third-order valence-electron chi connectivity index (χ3n) is 3.24. The molecule has 0 spiro atoms. The highest BCUT2D eigenvalue weighted by Gasteiger charge is 2.24. The van der Waals surface area contributed by atoms with Crippen molar-refractivity contribution in [2.75, 3.05) is 13.2 Å². The molecule has 4 atom stereocenters. The number of aliphatic hydroxyl groups excluding tert-OH is 1. The van der Waals surface area contributed by atoms with Crippen molar-refractivity contribution < 1.29 is 24.3 Å². The molecule has 9 nitrogen and oxygen atoms in total. The van der Waals surface area contributed by atoms with Gasteiger partial charge in [0.05, 0.1) is 25.2 Å². The molecule has 0 fully saturated rings. The van der Waals surface area contributed by atoms with Gasteiger partial charge in [0, 0.05) is 0 Å². The van der Waals surface area contributed by atoms with Crippen LogP contribution in [-0.4, -0.2) is 60.9 Å². The van der Waals surface area contributed by atoms with E-state index in [1.54, 1.807) is 0 Å². The Morgan fingerprint density at radius 3 is 2.32 bits per heavy atom. The van der Waals surface area contributed by atoms with Crippen molar-refractivity contribution in [1.29, 1.82) is 0 Å². The predicted octanol–water partition coefficient (Wildman–Crippen LogP) is -2.73. The number of rotatable bonds is 12. The Kier molecular flexibility index (Phi) is 9.92. The average molecular weight is 316 g/mol. The number of nitrogens with two attached hydrogens (primary N) is 1. The summed E-state index contributed by atoms with van der Waals surface area (Å²) in [6, 6.07) is -1.50. The van der Waals surface area contributed by atoms with Crippen LogP contribution in [0.1, 0.15) is 20.3 Å². The Morgan fingerprint density at radius 1 is 1.27 bits per heavy atom. The third kappa shape index (κ3) is 7.25. The van der Waals surface area contributed by atoms with Crippen molar-refractivity contribution in [2.24, 2.45) is 11.7 Å². The number of amides is 2. The van der Waals surface area contributed by atoms with Gasteiger partial charge in [-0.1, -0.05) is 20.3 Å². The Labute approximate surface area is 129 Å². The molecule has 0 aromatic carbocycles. The fourth-order valence-corrected chi connectivity index (χ4v) is 1.57. The summed E-state index contributed by atoms with van der Waals surface area (Å²) in [6.45, 7) is 2.97. The van der Waals surface area contributed by atoms with E-state index in [2.05, 4.69) is 16.0 Å². The Bertz CT molecular complexity index is 391. The molecule has 0 heterocycles. The molecule has 0 aliphatic carbocycles. The molecule has 9 heteroatoms. The molecule has 126 valence electrons. The molecule has 0 aliphatic rings. The maximum Gasteiger partial charge on any atom is 0.255 e. The van der Waals surface area contributed by atoms with Crippen LogP contribution in [0.4, 0.5) is 0 Å². The number of hydrogen-bond donors (Lipinski definition) is 5. The van der Waals surface area contributed by atoms with E-state index < -0.39 is 36.7 Å². The van der Waals surface area contributed by atoms with Gasteiger partial charge in [-0.3, -0.25) is 20.2 Å². The second kappa shape index (κ2) is 10.8. The normalized spacial score (nSPS) is 16.1. The molecule has 0 aliphatic heterocycles. The minimum atomic E-state index is -1.21. The molecule has 0 saturated carbocycles. The molecule has 0 saturated heterocycles. The maximum absolute atomic E-state index is 11.7. The van der Waals surface area contributed by atoms with Crippen LogP contribution in [0.15, 0.2) is 0 Å². The number of primary amides is 1. The molecular formula is C13H24N4O5. The van der Waals surface area contributed by atoms with Crippen LogP contribution in [0.3, 0.4) is 0 Å². The highest BCUT2D eigenvalue weighted by Crippen LogP contribution is 2.05. The first-order valence-electron chi connectivity index (χ1n) is 6.99. The van der Waals surface area contributed by atoms with E-state index in [4.69, 9.17) is 10.8 Å². The van der Waals surface area contributed by atoms with Gasteiger partial charge in [-0.2, -0.15) is 0 Å². The first kappa shape index (κ1) is 20.2. The fourth-order valence-electron chi connectivity index (χ4n) is 1.57. The molecule has 0 radical (unpaired) electrons. The van der Waals surface area contributed by atoms with Crippen LogP contribution >= 0.6 is 0 Å². The van der Waals surface area contributed by atoms with E-state index in [0.29, 0.717) is 19.0 Å². The molecule has 0 rings (SSSR count). The topological polar surface area (TPSA) is 151 Å². The Balaban J connectivity index is 4.57. The summed E-state index contributed by atoms with van der Waals surface area (Å²) in [4.78, 5) is 44.6. The molecule has 6 N–H and O–H groups in total. The Hall–Kier alpha value is -1.84. The average Bonchev–Trinajstić information content (AvgIpc) is 2.51. The monoisotopic (exact) mass is 316 g/mol. The largest absolute Gasteiger partial charge is 0.394 e. The standard InChI is InChI=1S/C13H24N4O5/c1-3-8(2)10(7-20)16-13(12(14)22)17-11(21)4-15-9(5-18)6-19/h5,7-10,13,15-16,19H,3-4,6H2,1-2H3,(H2,14,22)(H,17,21)/t8-,9+,10+,13+/m0/s1. The van der Waals surface area contributed by atoms with Crippen LogP contribution in [-0.2, 0) is 19.2 Å². The highest BCUT2D eigenvalue weighted by atomic mass is 16.3. The smallest absolute Gasteiger partial charge is 0.255 e. The lowest BCUT2D eigenvalue weighted by Crippen LogP contribution is -2.59. The zero-order valence-corrected chi connectivity index (χ0v) is 12.7. The lowest BCUT2D eigenvalue weighted by Gasteiger charge is -2.24. The fraction of sp³-hybridized carbons (Fsp3) is 0.692. The van der Waals surface area contributed by atoms with Gasteiger partial charge in [0.1, 0.15) is 12.6 Å². The summed E-state index contributed by atoms with van der Waals surface area (Å²) in [5.74, 6) is -1.48. The summed E-state index contributed by atoms with van der Waals surface area (Å²) in [7, 11) is 0. The number of carbonyl (C=O) groups excluding carboxylic acids is 4. The Morgan fingerprint density at radius 2 is 1.91 bits per heavy atom. The predicted molar refractivity (Wildman–Crippen MR) is 78.5 cm³/mol. The van der Waals surface area contributed by atoms with Gasteiger partial charge in [-0.05, 0) is 5.92 Å². The minimum Gasteiger partial charge on any atom is -0.394 e. The SMILES string of the molecule is CC[C@H](C)[C@@H](C=O)N[C@H](NC(=O)CN[C@H](C=O)CO)C(N)=O. The van der Waals surface area contributed by atoms with Gasteiger partial charge in [0.2, 0.25) is 5.91 Å². The second-order valence-electron chi connectivity index (χ2n) is 4.92. The lowest BCUT2D eigenvalue weighted by molar-refractivity contribution is -0.128. The molecule has 0 bridgehead atoms. The van der Waals surface area contributed by atoms with Gasteiger partial charge in [-0.25, -0.2) is 0 Å². The van der Waals surface area contributed by atoms with Gasteiger partial charge in [0.15, 0.2) is 6.17 Å². The summed E-state index contributed by atoms with van der Waals surface area (Å²) >= 11 is 0. The van der Waals surface area contributed by atoms with Crippen molar-refractivity contribution >= 4 is 24.4 Å². The van der Waals surface area contributed by atoms with Gasteiger partial charge < -0.3 is 25.7 Å². The molecular weight excluding hydrogens is 292 g/mol. The van der Waals surface area contributed by atoms with E-state index in [1.807, 2.05) is 13.8 Å². The third-order valence-corrected chi connectivity index (χ3v) is 3.24. The van der Waals surface area contributed by atoms with Gasteiger partial charge >= 0.3 is 0 Å². The van der Waals surface area contributed by atoms with Crippen molar-refractivity contribution in [3.05, 3.63) is 0 Å². The van der Waals surface area contributed by atoms with Gasteiger partial charge in [-0.15, -0.1) is 0 Å². The van der Waals surface area contributed by atoms with Crippen LogP contribution in [0, 0.1) is 5.92 Å². The van der Waals surface area contributed by atoms with E-state index in [-0.39, 0.29) is 12.5 Å². The first-order valence-corrected chi connectivity index (χ1v) is 6.99. The quantitative estimate of drug-likeness (QED) is 0.194. The molecule has 0 unspecified atom stereocenters. The number of hydrogen-bond acceptors (Lipinski definition) is 7. The molecule has 22 heavy (non-hydrogen) atoms. The number of nitrogens with one attached hydrogen (secondary N) is 3. The van der Waals surface area contributed by atoms with Crippen molar-refractivity contribution in [3.8, 4) is 0 Å². The lowest BCUT2D eigenvalue weighted by atomic mass is 10.0. The second-order valence-corrected chi connectivity index (χ2v) is 4.92. The number of aliphatic hydroxyl groups is 1. The van der Waals surface area contributed by atoms with Crippen LogP contribution in [0.2, 0.25) is 0 Å². The van der Waals surface area contributed by atoms with Crippen LogP contribution in [0.25, 0.3) is 0 Å². The highest BCUT2D eigenvalue weighted by molar-refractivity contribution is 5.87. The first-order chi connectivity index (χ1) is 10.4. The van der Waals surface area contributed by atoms with Crippen molar-refractivity contribution in [1.82, 2.24) is 16.0 Å². The summed E-state index contributed by atoms with van der Waals surface area (Å²) < 4.78 is 0. The zero-order valence-electron chi connectivity index (χ0n) is 12.7. The van der Waals surface area contributed by atoms with E-state index in [0.717, 1.165) is 0 Å². The van der Waals surface area contributed by atoms with E-state index in [9.17, 15) is 19.2 Å².